The van der Waals surface area contributed by atoms with Gasteiger partial charge in [0.1, 0.15) is 0 Å². The van der Waals surface area contributed by atoms with Crippen molar-refractivity contribution < 1.29 is 10.0 Å². The first-order chi connectivity index (χ1) is 8.92. The Labute approximate surface area is 130 Å². The van der Waals surface area contributed by atoms with Gasteiger partial charge in [0.2, 0.25) is 0 Å². The van der Waals surface area contributed by atoms with E-state index in [9.17, 15) is 10.0 Å². The Bertz CT molecular complexity index is 464. The molecule has 0 heterocycles. The molecule has 0 atom stereocenters. The molecular weight excluding hydrogens is 262 g/mol. The maximum absolute atomic E-state index is 11.7. The molecule has 0 bridgehead atoms. The number of rotatable bonds is 3. The van der Waals surface area contributed by atoms with Gasteiger partial charge in [0, 0.05) is 6.20 Å². The van der Waals surface area contributed by atoms with Crippen LogP contribution in [0.15, 0.2) is 35.1 Å². The molecule has 0 aromatic rings. The quantitative estimate of drug-likeness (QED) is 0.753. The van der Waals surface area contributed by atoms with Crippen molar-refractivity contribution in [3.05, 3.63) is 35.1 Å². The Kier molecular flexibility index (Phi) is 6.18. The van der Waals surface area contributed by atoms with Crippen LogP contribution in [0.1, 0.15) is 62.3 Å². The average molecular weight is 293 g/mol. The molecule has 120 valence electrons. The van der Waals surface area contributed by atoms with Gasteiger partial charge in [-0.05, 0) is 68.4 Å². The lowest BCUT2D eigenvalue weighted by atomic mass is 9.81. The van der Waals surface area contributed by atoms with Crippen LogP contribution >= 0.6 is 0 Å². The van der Waals surface area contributed by atoms with Gasteiger partial charge in [0.25, 0.3) is 0 Å². The number of ketones is 1. The van der Waals surface area contributed by atoms with Crippen LogP contribution in [0, 0.1) is 5.41 Å². The van der Waals surface area contributed by atoms with Crippen LogP contribution in [-0.2, 0) is 4.79 Å². The van der Waals surface area contributed by atoms with Gasteiger partial charge in [-0.3, -0.25) is 15.1 Å². The van der Waals surface area contributed by atoms with Gasteiger partial charge in [-0.2, -0.15) is 0 Å². The number of hydroxylamine groups is 2. The minimum Gasteiger partial charge on any atom is -0.289 e. The Morgan fingerprint density at radius 3 is 1.90 bits per heavy atom. The third kappa shape index (κ3) is 5.50. The van der Waals surface area contributed by atoms with E-state index < -0.39 is 0 Å². The summed E-state index contributed by atoms with van der Waals surface area (Å²) in [5, 5.41) is 11.6. The molecule has 0 aromatic heterocycles. The number of Topliss-reactive ketones (excluding diaryl/α,β-unsaturated/α-hetero) is 1. The molecule has 0 aliphatic heterocycles. The maximum Gasteiger partial charge on any atom is 0.184 e. The normalized spacial score (nSPS) is 16.0. The molecule has 0 unspecified atom stereocenters. The predicted molar refractivity (Wildman–Crippen MR) is 89.1 cm³/mol. The van der Waals surface area contributed by atoms with Crippen molar-refractivity contribution in [1.29, 1.82) is 0 Å². The molecule has 0 radical (unpaired) electrons. The summed E-state index contributed by atoms with van der Waals surface area (Å²) in [7, 11) is 0. The number of carbonyl (C=O) groups excluding carboxylic acids is 1. The van der Waals surface area contributed by atoms with E-state index in [0.29, 0.717) is 11.1 Å². The zero-order chi connectivity index (χ0) is 15.7. The average Bonchev–Trinajstić information content (AvgIpc) is 2.22. The highest BCUT2D eigenvalue weighted by atomic mass is 16.5. The lowest BCUT2D eigenvalue weighted by molar-refractivity contribution is -0.129. The van der Waals surface area contributed by atoms with Gasteiger partial charge in [-0.1, -0.05) is 28.2 Å². The first-order valence-electron chi connectivity index (χ1n) is 7.04. The second kappa shape index (κ2) is 6.61. The molecule has 1 N–H and O–H groups in total. The second-order valence-electron chi connectivity index (χ2n) is 7.51. The van der Waals surface area contributed by atoms with Crippen molar-refractivity contribution in [3.8, 4) is 0 Å². The monoisotopic (exact) mass is 293 g/mol. The van der Waals surface area contributed by atoms with Gasteiger partial charge in [-0.15, -0.1) is 0 Å². The lowest BCUT2D eigenvalue weighted by Crippen LogP contribution is -2.41. The topological polar surface area (TPSA) is 40.5 Å². The highest BCUT2D eigenvalue weighted by Gasteiger charge is 2.29. The van der Waals surface area contributed by atoms with Crippen LogP contribution in [0.4, 0.5) is 0 Å². The molecule has 1 aliphatic carbocycles. The van der Waals surface area contributed by atoms with E-state index in [1.807, 2.05) is 26.0 Å². The van der Waals surface area contributed by atoms with E-state index in [-0.39, 0.29) is 24.2 Å². The van der Waals surface area contributed by atoms with Crippen LogP contribution in [0.5, 0.6) is 0 Å². The summed E-state index contributed by atoms with van der Waals surface area (Å²) < 4.78 is 0. The molecular formula is C18H31NO2. The Morgan fingerprint density at radius 1 is 1.10 bits per heavy atom. The van der Waals surface area contributed by atoms with Gasteiger partial charge in [0.05, 0.1) is 5.54 Å². The van der Waals surface area contributed by atoms with Gasteiger partial charge in [-0.25, -0.2) is 0 Å². The summed E-state index contributed by atoms with van der Waals surface area (Å²) in [6, 6.07) is 0. The standard InChI is InChI=1S/C17H27NO2.CH4/c1-12-8-14(9-13(2)15(12)19)10-18(20)17(6,7)11-16(3,4)5;/h8-10,20H,11H2,1-7H3;1H4. The zero-order valence-electron chi connectivity index (χ0n) is 13.7. The summed E-state index contributed by atoms with van der Waals surface area (Å²) in [6.07, 6.45) is 6.17. The maximum atomic E-state index is 11.7. The van der Waals surface area contributed by atoms with Crippen molar-refractivity contribution in [3.63, 3.8) is 0 Å². The van der Waals surface area contributed by atoms with Gasteiger partial charge in [0.15, 0.2) is 5.78 Å². The van der Waals surface area contributed by atoms with E-state index in [1.165, 1.54) is 5.06 Å². The third-order valence-corrected chi connectivity index (χ3v) is 3.34. The molecule has 21 heavy (non-hydrogen) atoms. The molecule has 1 rings (SSSR count). The number of allylic oxidation sites excluding steroid dienone is 5. The molecule has 3 heteroatoms. The first kappa shape index (κ1) is 19.7. The predicted octanol–water partition coefficient (Wildman–Crippen LogP) is 4.89. The lowest BCUT2D eigenvalue weighted by Gasteiger charge is -2.38. The van der Waals surface area contributed by atoms with Crippen molar-refractivity contribution in [1.82, 2.24) is 5.06 Å². The number of hydrogen-bond acceptors (Lipinski definition) is 3. The highest BCUT2D eigenvalue weighted by molar-refractivity contribution is 6.09. The van der Waals surface area contributed by atoms with Crippen LogP contribution in [0.2, 0.25) is 0 Å². The highest BCUT2D eigenvalue weighted by Crippen LogP contribution is 2.31. The van der Waals surface area contributed by atoms with Gasteiger partial charge < -0.3 is 0 Å². The van der Waals surface area contributed by atoms with Crippen molar-refractivity contribution >= 4 is 5.78 Å². The minimum atomic E-state index is -0.365. The molecule has 3 nitrogen and oxygen atoms in total. The first-order valence-corrected chi connectivity index (χ1v) is 7.04. The smallest absolute Gasteiger partial charge is 0.184 e. The Morgan fingerprint density at radius 2 is 1.52 bits per heavy atom. The summed E-state index contributed by atoms with van der Waals surface area (Å²) in [4.78, 5) is 11.7. The van der Waals surface area contributed by atoms with Crippen molar-refractivity contribution in [2.45, 2.75) is 67.9 Å². The molecule has 0 fully saturated rings. The molecule has 0 amide bonds. The van der Waals surface area contributed by atoms with Crippen LogP contribution < -0.4 is 0 Å². The number of carbonyl (C=O) groups is 1. The molecule has 0 aromatic carbocycles. The fraction of sp³-hybridized carbons (Fsp3) is 0.611. The molecule has 0 saturated carbocycles. The SMILES string of the molecule is C.CC1=CC(=CN(O)C(C)(C)CC(C)(C)C)C=C(C)C1=O. The molecule has 1 aliphatic rings. The van der Waals surface area contributed by atoms with Crippen LogP contribution in [0.25, 0.3) is 0 Å². The van der Waals surface area contributed by atoms with Crippen LogP contribution in [-0.4, -0.2) is 21.6 Å². The van der Waals surface area contributed by atoms with E-state index in [4.69, 9.17) is 0 Å². The number of nitrogens with zero attached hydrogens (tertiary/aromatic N) is 1. The van der Waals surface area contributed by atoms with Crippen molar-refractivity contribution in [2.24, 2.45) is 5.41 Å². The second-order valence-corrected chi connectivity index (χ2v) is 7.51. The van der Waals surface area contributed by atoms with E-state index in [0.717, 1.165) is 12.0 Å². The fourth-order valence-corrected chi connectivity index (χ4v) is 2.75. The van der Waals surface area contributed by atoms with Crippen LogP contribution in [0.3, 0.4) is 0 Å². The summed E-state index contributed by atoms with van der Waals surface area (Å²) in [5.41, 5.74) is 2.03. The zero-order valence-corrected chi connectivity index (χ0v) is 13.7. The number of hydrogen-bond donors (Lipinski definition) is 1. The minimum absolute atomic E-state index is 0. The fourth-order valence-electron chi connectivity index (χ4n) is 2.75. The van der Waals surface area contributed by atoms with E-state index in [2.05, 4.69) is 20.8 Å². The largest absolute Gasteiger partial charge is 0.289 e. The Hall–Kier alpha value is -1.35. The van der Waals surface area contributed by atoms with E-state index >= 15 is 0 Å². The molecule has 0 saturated heterocycles. The van der Waals surface area contributed by atoms with E-state index in [1.54, 1.807) is 20.0 Å². The Balaban J connectivity index is 0.00000400. The summed E-state index contributed by atoms with van der Waals surface area (Å²) in [6.45, 7) is 14.1. The molecule has 0 spiro atoms. The third-order valence-electron chi connectivity index (χ3n) is 3.34. The summed E-state index contributed by atoms with van der Waals surface area (Å²) in [5.74, 6) is 0.0700. The van der Waals surface area contributed by atoms with Crippen molar-refractivity contribution in [2.75, 3.05) is 0 Å². The van der Waals surface area contributed by atoms with Gasteiger partial charge >= 0.3 is 0 Å². The summed E-state index contributed by atoms with van der Waals surface area (Å²) >= 11 is 0.